The molecule has 11 nitrogen and oxygen atoms in total. The average molecular weight is 482 g/mol. The van der Waals surface area contributed by atoms with E-state index < -0.39 is 0 Å². The number of aromatic nitrogens is 4. The number of carbonyl (C=O) groups is 1. The van der Waals surface area contributed by atoms with E-state index >= 15 is 0 Å². The molecule has 0 saturated carbocycles. The van der Waals surface area contributed by atoms with E-state index in [-0.39, 0.29) is 24.7 Å². The first kappa shape index (κ1) is 22.9. The third kappa shape index (κ3) is 4.59. The largest absolute Gasteiger partial charge is 0.493 e. The number of ether oxygens (including phenoxy) is 4. The fourth-order valence-corrected chi connectivity index (χ4v) is 4.90. The van der Waals surface area contributed by atoms with Crippen LogP contribution in [0.15, 0.2) is 36.4 Å². The third-order valence-electron chi connectivity index (χ3n) is 6.77. The van der Waals surface area contributed by atoms with E-state index in [4.69, 9.17) is 24.7 Å². The summed E-state index contributed by atoms with van der Waals surface area (Å²) < 4.78 is 23.8. The first-order valence-electron chi connectivity index (χ1n) is 11.6. The van der Waals surface area contributed by atoms with E-state index in [1.807, 2.05) is 41.1 Å². The molecule has 2 aromatic carbocycles. The van der Waals surface area contributed by atoms with Gasteiger partial charge < -0.3 is 29.6 Å². The maximum absolute atomic E-state index is 11.7. The SMILES string of the molecule is COc1ccc([C@H](c2nnnn2Cc2ccc3c(c2)OCO3)[NH+]2CCC(C(N)=O)CC2)cc1OC. The van der Waals surface area contributed by atoms with Crippen LogP contribution in [0.1, 0.15) is 35.8 Å². The zero-order valence-electron chi connectivity index (χ0n) is 19.8. The normalized spacial score (nSPS) is 19.8. The molecule has 11 heteroatoms. The maximum atomic E-state index is 11.7. The number of nitrogens with two attached hydrogens (primary N) is 1. The average Bonchev–Trinajstić information content (AvgIpc) is 3.54. The van der Waals surface area contributed by atoms with Crippen molar-refractivity contribution in [1.82, 2.24) is 20.2 Å². The van der Waals surface area contributed by atoms with Crippen molar-refractivity contribution in [2.24, 2.45) is 11.7 Å². The number of piperidine rings is 1. The minimum absolute atomic E-state index is 0.102. The number of benzene rings is 2. The van der Waals surface area contributed by atoms with Crippen LogP contribution in [-0.4, -0.2) is 60.2 Å². The monoisotopic (exact) mass is 481 g/mol. The van der Waals surface area contributed by atoms with Gasteiger partial charge in [0.15, 0.2) is 29.0 Å². The third-order valence-corrected chi connectivity index (χ3v) is 6.77. The topological polar surface area (TPSA) is 128 Å². The predicted octanol–water partition coefficient (Wildman–Crippen LogP) is 0.337. The number of primary amides is 1. The van der Waals surface area contributed by atoms with E-state index in [1.165, 1.54) is 4.90 Å². The van der Waals surface area contributed by atoms with Gasteiger partial charge in [0.25, 0.3) is 0 Å². The van der Waals surface area contributed by atoms with Crippen molar-refractivity contribution in [2.45, 2.75) is 25.4 Å². The molecule has 0 bridgehead atoms. The zero-order chi connectivity index (χ0) is 24.4. The zero-order valence-corrected chi connectivity index (χ0v) is 19.8. The summed E-state index contributed by atoms with van der Waals surface area (Å²) in [5, 5.41) is 12.8. The van der Waals surface area contributed by atoms with Crippen molar-refractivity contribution in [2.75, 3.05) is 34.1 Å². The summed E-state index contributed by atoms with van der Waals surface area (Å²) in [5.41, 5.74) is 7.57. The molecule has 1 saturated heterocycles. The van der Waals surface area contributed by atoms with Crippen LogP contribution in [-0.2, 0) is 11.3 Å². The number of amides is 1. The quantitative estimate of drug-likeness (QED) is 0.471. The highest BCUT2D eigenvalue weighted by Crippen LogP contribution is 2.34. The van der Waals surface area contributed by atoms with Crippen molar-refractivity contribution in [3.05, 3.63) is 53.3 Å². The van der Waals surface area contributed by atoms with Gasteiger partial charge in [-0.25, -0.2) is 4.68 Å². The Labute approximate surface area is 202 Å². The fourth-order valence-electron chi connectivity index (χ4n) is 4.90. The maximum Gasteiger partial charge on any atom is 0.231 e. The molecule has 5 rings (SSSR count). The number of hydrogen-bond acceptors (Lipinski definition) is 8. The molecule has 1 aromatic heterocycles. The molecule has 3 aromatic rings. The number of fused-ring (bicyclic) bond motifs is 1. The van der Waals surface area contributed by atoms with Crippen LogP contribution in [0.2, 0.25) is 0 Å². The smallest absolute Gasteiger partial charge is 0.231 e. The number of nitrogens with zero attached hydrogens (tertiary/aromatic N) is 4. The van der Waals surface area contributed by atoms with Crippen LogP contribution in [0, 0.1) is 5.92 Å². The number of carbonyl (C=O) groups excluding carboxylic acids is 1. The Morgan fingerprint density at radius 1 is 1.11 bits per heavy atom. The number of hydrogen-bond donors (Lipinski definition) is 2. The fraction of sp³-hybridized carbons (Fsp3) is 0.417. The Kier molecular flexibility index (Phi) is 6.41. The van der Waals surface area contributed by atoms with Gasteiger partial charge in [-0.05, 0) is 46.3 Å². The summed E-state index contributed by atoms with van der Waals surface area (Å²) in [6.07, 6.45) is 1.44. The summed E-state index contributed by atoms with van der Waals surface area (Å²) in [5.74, 6) is 3.12. The van der Waals surface area contributed by atoms with Crippen molar-refractivity contribution in [3.63, 3.8) is 0 Å². The molecular formula is C24H29N6O5+. The molecular weight excluding hydrogens is 452 g/mol. The highest BCUT2D eigenvalue weighted by Gasteiger charge is 2.36. The van der Waals surface area contributed by atoms with E-state index in [0.717, 1.165) is 48.6 Å². The van der Waals surface area contributed by atoms with Gasteiger partial charge in [-0.15, -0.1) is 5.10 Å². The van der Waals surface area contributed by atoms with Crippen LogP contribution in [0.5, 0.6) is 23.0 Å². The molecule has 184 valence electrons. The molecule has 3 N–H and O–H groups in total. The van der Waals surface area contributed by atoms with E-state index in [2.05, 4.69) is 15.5 Å². The van der Waals surface area contributed by atoms with Crippen molar-refractivity contribution >= 4 is 5.91 Å². The van der Waals surface area contributed by atoms with Gasteiger partial charge in [0.2, 0.25) is 18.5 Å². The van der Waals surface area contributed by atoms with Crippen LogP contribution in [0.25, 0.3) is 0 Å². The summed E-state index contributed by atoms with van der Waals surface area (Å²) in [7, 11) is 3.23. The molecule has 3 heterocycles. The first-order valence-corrected chi connectivity index (χ1v) is 11.6. The van der Waals surface area contributed by atoms with E-state index in [0.29, 0.717) is 23.8 Å². The summed E-state index contributed by atoms with van der Waals surface area (Å²) in [6.45, 7) is 2.23. The van der Waals surface area contributed by atoms with E-state index in [9.17, 15) is 4.79 Å². The Morgan fingerprint density at radius 3 is 2.63 bits per heavy atom. The van der Waals surface area contributed by atoms with Gasteiger partial charge in [0, 0.05) is 24.3 Å². The van der Waals surface area contributed by atoms with Crippen LogP contribution in [0.3, 0.4) is 0 Å². The van der Waals surface area contributed by atoms with Crippen molar-refractivity contribution in [3.8, 4) is 23.0 Å². The molecule has 0 spiro atoms. The first-order chi connectivity index (χ1) is 17.1. The predicted molar refractivity (Wildman–Crippen MR) is 123 cm³/mol. The second kappa shape index (κ2) is 9.79. The molecule has 1 amide bonds. The minimum atomic E-state index is -0.237. The van der Waals surface area contributed by atoms with Crippen molar-refractivity contribution in [1.29, 1.82) is 0 Å². The summed E-state index contributed by atoms with van der Waals surface area (Å²) in [6, 6.07) is 11.5. The van der Waals surface area contributed by atoms with Gasteiger partial charge in [0.05, 0.1) is 33.9 Å². The Morgan fingerprint density at radius 2 is 1.89 bits per heavy atom. The van der Waals surface area contributed by atoms with E-state index in [1.54, 1.807) is 14.2 Å². The number of quaternary nitrogens is 1. The van der Waals surface area contributed by atoms with Crippen molar-refractivity contribution < 1.29 is 28.6 Å². The number of nitrogens with one attached hydrogen (secondary N) is 1. The van der Waals surface area contributed by atoms with Gasteiger partial charge in [-0.1, -0.05) is 6.07 Å². The lowest BCUT2D eigenvalue weighted by Gasteiger charge is -2.33. The number of tetrazole rings is 1. The highest BCUT2D eigenvalue weighted by molar-refractivity contribution is 5.76. The Hall–Kier alpha value is -3.86. The molecule has 0 radical (unpaired) electrons. The molecule has 0 aliphatic carbocycles. The highest BCUT2D eigenvalue weighted by atomic mass is 16.7. The molecule has 1 fully saturated rings. The Bertz CT molecular complexity index is 1210. The van der Waals surface area contributed by atoms with Crippen LogP contribution < -0.4 is 29.6 Å². The van der Waals surface area contributed by atoms with Gasteiger partial charge in [-0.3, -0.25) is 4.79 Å². The molecule has 35 heavy (non-hydrogen) atoms. The molecule has 2 aliphatic heterocycles. The molecule has 0 unspecified atom stereocenters. The number of likely N-dealkylation sites (tertiary alicyclic amines) is 1. The van der Waals surface area contributed by atoms with Gasteiger partial charge in [0.1, 0.15) is 0 Å². The lowest BCUT2D eigenvalue weighted by atomic mass is 9.93. The van der Waals surface area contributed by atoms with Gasteiger partial charge in [-0.2, -0.15) is 0 Å². The number of methoxy groups -OCH3 is 2. The lowest BCUT2D eigenvalue weighted by molar-refractivity contribution is -0.931. The second-order valence-electron chi connectivity index (χ2n) is 8.76. The van der Waals surface area contributed by atoms with Crippen LogP contribution in [0.4, 0.5) is 0 Å². The summed E-state index contributed by atoms with van der Waals surface area (Å²) >= 11 is 0. The Balaban J connectivity index is 1.49. The molecule has 2 aliphatic rings. The number of rotatable bonds is 8. The van der Waals surface area contributed by atoms with Gasteiger partial charge >= 0.3 is 0 Å². The van der Waals surface area contributed by atoms with Crippen LogP contribution >= 0.6 is 0 Å². The summed E-state index contributed by atoms with van der Waals surface area (Å²) in [4.78, 5) is 13.0. The second-order valence-corrected chi connectivity index (χ2v) is 8.76. The minimum Gasteiger partial charge on any atom is -0.493 e. The molecule has 1 atom stereocenters. The lowest BCUT2D eigenvalue weighted by Crippen LogP contribution is -3.13. The standard InChI is InChI=1S/C24H28N6O5/c1-32-18-6-4-17(12-20(18)33-2)22(29-9-7-16(8-10-29)23(25)31)24-26-27-28-30(24)13-15-3-5-19-21(11-15)35-14-34-19/h3-6,11-12,16,22H,7-10,13-14H2,1-2H3,(H2,25,31)/p+1/t22-/m1/s1.